The van der Waals surface area contributed by atoms with Crippen LogP contribution in [-0.4, -0.2) is 32.6 Å². The number of hydrogen-bond donors (Lipinski definition) is 1. The Kier molecular flexibility index (Phi) is 11.8. The van der Waals surface area contributed by atoms with E-state index in [9.17, 15) is 0 Å². The molecule has 4 bridgehead atoms. The summed E-state index contributed by atoms with van der Waals surface area (Å²) in [6.07, 6.45) is 8.23. The predicted octanol–water partition coefficient (Wildman–Crippen LogP) is 10.2. The molecular weight excluding hydrogens is 603 g/mol. The number of rotatable bonds is 6. The molecule has 4 unspecified atom stereocenters. The van der Waals surface area contributed by atoms with Crippen LogP contribution in [0.15, 0.2) is 65.8 Å². The van der Waals surface area contributed by atoms with Crippen molar-refractivity contribution < 1.29 is 9.47 Å². The third-order valence-corrected chi connectivity index (χ3v) is 9.86. The van der Waals surface area contributed by atoms with Gasteiger partial charge in [-0.05, 0) is 93.1 Å². The minimum Gasteiger partial charge on any atom is -0.488 e. The van der Waals surface area contributed by atoms with Crippen LogP contribution in [-0.2, 0) is 0 Å². The highest BCUT2D eigenvalue weighted by atomic mass is 32.2. The summed E-state index contributed by atoms with van der Waals surface area (Å²) in [7, 11) is 0. The monoisotopic (exact) mass is 653 g/mol. The lowest BCUT2D eigenvalue weighted by Crippen LogP contribution is -2.31. The molecule has 0 saturated heterocycles. The minimum absolute atomic E-state index is 0.0772. The Labute approximate surface area is 285 Å². The van der Waals surface area contributed by atoms with Gasteiger partial charge in [-0.25, -0.2) is 15.0 Å². The van der Waals surface area contributed by atoms with Gasteiger partial charge in [-0.3, -0.25) is 4.72 Å². The Bertz CT molecular complexity index is 1590. The van der Waals surface area contributed by atoms with Gasteiger partial charge in [0.15, 0.2) is 5.75 Å². The number of aryl methyl sites for hydroxylation is 2. The number of fused-ring (bicyclic) bond motifs is 6. The van der Waals surface area contributed by atoms with E-state index in [-0.39, 0.29) is 23.9 Å². The maximum atomic E-state index is 6.76. The van der Waals surface area contributed by atoms with Crippen molar-refractivity contribution in [2.75, 3.05) is 11.3 Å². The number of benzene rings is 2. The number of hydrogen-bond acceptors (Lipinski definition) is 8. The average molecular weight is 654 g/mol. The molecule has 7 nitrogen and oxygen atoms in total. The SMILES string of the molecule is CC.Cc1cccc(C)c1-c1cc2nc(n1)NSc1cccc(c1)C1C(c3ncc(OC(C)C)cn3)CCCC(CC(C)C)C1CO2. The van der Waals surface area contributed by atoms with Crippen molar-refractivity contribution in [2.24, 2.45) is 17.8 Å². The molecule has 1 aliphatic heterocycles. The highest BCUT2D eigenvalue weighted by Crippen LogP contribution is 2.49. The van der Waals surface area contributed by atoms with Gasteiger partial charge in [0.25, 0.3) is 0 Å². The zero-order valence-corrected chi connectivity index (χ0v) is 30.1. The topological polar surface area (TPSA) is 82.1 Å². The Hall–Kier alpha value is -3.65. The number of anilines is 1. The molecule has 8 heteroatoms. The summed E-state index contributed by atoms with van der Waals surface area (Å²) in [5, 5.41) is 0. The molecule has 2 aliphatic rings. The van der Waals surface area contributed by atoms with Gasteiger partial charge in [-0.15, -0.1) is 0 Å². The van der Waals surface area contributed by atoms with Gasteiger partial charge < -0.3 is 9.47 Å². The van der Waals surface area contributed by atoms with Crippen LogP contribution in [0, 0.1) is 31.6 Å². The van der Waals surface area contributed by atoms with Crippen molar-refractivity contribution in [3.05, 3.63) is 83.4 Å². The molecule has 0 spiro atoms. The van der Waals surface area contributed by atoms with Crippen molar-refractivity contribution in [3.63, 3.8) is 0 Å². The van der Waals surface area contributed by atoms with Crippen LogP contribution in [0.2, 0.25) is 0 Å². The lowest BCUT2D eigenvalue weighted by Gasteiger charge is -2.36. The lowest BCUT2D eigenvalue weighted by atomic mass is 9.70. The van der Waals surface area contributed by atoms with E-state index in [4.69, 9.17) is 29.4 Å². The Morgan fingerprint density at radius 1 is 0.936 bits per heavy atom. The number of aromatic nitrogens is 4. The van der Waals surface area contributed by atoms with Crippen LogP contribution in [0.1, 0.15) is 102 Å². The Balaban J connectivity index is 0.00000213. The molecule has 3 heterocycles. The van der Waals surface area contributed by atoms with Crippen molar-refractivity contribution in [2.45, 2.75) is 104 Å². The molecule has 0 radical (unpaired) electrons. The smallest absolute Gasteiger partial charge is 0.237 e. The van der Waals surface area contributed by atoms with Gasteiger partial charge >= 0.3 is 0 Å². The molecular formula is C39H51N5O2S. The van der Waals surface area contributed by atoms with E-state index in [0.29, 0.717) is 36.0 Å². The van der Waals surface area contributed by atoms with Crippen molar-refractivity contribution in [3.8, 4) is 22.9 Å². The van der Waals surface area contributed by atoms with E-state index in [1.165, 1.54) is 16.7 Å². The number of nitrogens with one attached hydrogen (secondary N) is 1. The summed E-state index contributed by atoms with van der Waals surface area (Å²) < 4.78 is 16.1. The highest BCUT2D eigenvalue weighted by Gasteiger charge is 2.41. The Morgan fingerprint density at radius 3 is 2.36 bits per heavy atom. The first-order chi connectivity index (χ1) is 22.7. The van der Waals surface area contributed by atoms with Crippen molar-refractivity contribution in [1.29, 1.82) is 0 Å². The molecule has 1 fully saturated rings. The molecule has 2 aromatic carbocycles. The van der Waals surface area contributed by atoms with E-state index in [0.717, 1.165) is 47.7 Å². The van der Waals surface area contributed by atoms with E-state index in [2.05, 4.69) is 74.9 Å². The summed E-state index contributed by atoms with van der Waals surface area (Å²) in [6, 6.07) is 17.3. The van der Waals surface area contributed by atoms with Gasteiger partial charge in [0.05, 0.1) is 30.8 Å². The van der Waals surface area contributed by atoms with Crippen LogP contribution in [0.5, 0.6) is 11.6 Å². The van der Waals surface area contributed by atoms with Gasteiger partial charge in [0.2, 0.25) is 11.8 Å². The van der Waals surface area contributed by atoms with Gasteiger partial charge in [-0.2, -0.15) is 4.98 Å². The molecule has 47 heavy (non-hydrogen) atoms. The average Bonchev–Trinajstić information content (AvgIpc) is 3.22. The van der Waals surface area contributed by atoms with Gasteiger partial charge in [0, 0.05) is 34.3 Å². The lowest BCUT2D eigenvalue weighted by molar-refractivity contribution is 0.141. The number of ether oxygens (including phenoxy) is 2. The molecule has 0 amide bonds. The number of nitrogens with zero attached hydrogens (tertiary/aromatic N) is 4. The third-order valence-electron chi connectivity index (χ3n) is 9.08. The fourth-order valence-corrected chi connectivity index (χ4v) is 7.95. The van der Waals surface area contributed by atoms with Crippen LogP contribution >= 0.6 is 11.9 Å². The normalized spacial score (nSPS) is 20.7. The first-order valence-corrected chi connectivity index (χ1v) is 18.2. The van der Waals surface area contributed by atoms with E-state index in [1.54, 1.807) is 11.9 Å². The van der Waals surface area contributed by atoms with E-state index < -0.39 is 0 Å². The van der Waals surface area contributed by atoms with Crippen LogP contribution in [0.25, 0.3) is 11.3 Å². The Morgan fingerprint density at radius 2 is 1.66 bits per heavy atom. The second kappa shape index (κ2) is 16.0. The molecule has 4 aromatic rings. The summed E-state index contributed by atoms with van der Waals surface area (Å²) >= 11 is 1.54. The van der Waals surface area contributed by atoms with Gasteiger partial charge in [-0.1, -0.05) is 70.9 Å². The zero-order chi connectivity index (χ0) is 33.5. The third kappa shape index (κ3) is 8.45. The molecule has 1 aliphatic carbocycles. The second-order valence-corrected chi connectivity index (χ2v) is 14.2. The molecule has 1 N–H and O–H groups in total. The zero-order valence-electron chi connectivity index (χ0n) is 29.3. The fourth-order valence-electron chi connectivity index (χ4n) is 7.31. The maximum Gasteiger partial charge on any atom is 0.237 e. The summed E-state index contributed by atoms with van der Waals surface area (Å²) in [5.41, 5.74) is 5.67. The molecule has 250 valence electrons. The summed E-state index contributed by atoms with van der Waals surface area (Å²) in [5.74, 6) is 4.43. The first-order valence-electron chi connectivity index (χ1n) is 17.3. The molecule has 1 saturated carbocycles. The van der Waals surface area contributed by atoms with E-state index >= 15 is 0 Å². The largest absolute Gasteiger partial charge is 0.488 e. The molecule has 2 aromatic heterocycles. The fraction of sp³-hybridized carbons (Fsp3) is 0.487. The second-order valence-electron chi connectivity index (χ2n) is 13.3. The van der Waals surface area contributed by atoms with Crippen molar-refractivity contribution >= 4 is 17.9 Å². The van der Waals surface area contributed by atoms with E-state index in [1.807, 2.05) is 46.2 Å². The summed E-state index contributed by atoms with van der Waals surface area (Å²) in [6.45, 7) is 17.5. The van der Waals surface area contributed by atoms with Crippen LogP contribution < -0.4 is 14.2 Å². The highest BCUT2D eigenvalue weighted by molar-refractivity contribution is 8.00. The minimum atomic E-state index is 0.0772. The van der Waals surface area contributed by atoms with Gasteiger partial charge in [0.1, 0.15) is 5.82 Å². The van der Waals surface area contributed by atoms with Crippen molar-refractivity contribution in [1.82, 2.24) is 19.9 Å². The standard InChI is InChI=1S/C37H45N5O2S.C2H6/c1-22(2)16-26-12-9-15-30(36-38-19-28(20-39-36)44-23(3)4)35-27-13-8-14-29(17-27)45-42-37-40-32(18-33(41-37)43-21-31(26)35)34-24(5)10-7-11-25(34)6;1-2/h7-8,10-11,13-14,17-20,22-23,26,30-31,35H,9,12,15-16,21H2,1-6H3,(H,40,41,42);1-2H3. The van der Waals surface area contributed by atoms with Crippen LogP contribution in [0.3, 0.4) is 0 Å². The first kappa shape index (κ1) is 34.7. The van der Waals surface area contributed by atoms with Crippen LogP contribution in [0.4, 0.5) is 5.95 Å². The quantitative estimate of drug-likeness (QED) is 0.206. The molecule has 4 atom stereocenters. The summed E-state index contributed by atoms with van der Waals surface area (Å²) in [4.78, 5) is 20.7. The predicted molar refractivity (Wildman–Crippen MR) is 193 cm³/mol. The maximum absolute atomic E-state index is 6.76. The molecule has 6 rings (SSSR count).